The molecular weight excluding hydrogens is 506 g/mol. The van der Waals surface area contributed by atoms with Gasteiger partial charge >= 0.3 is 5.97 Å². The van der Waals surface area contributed by atoms with Gasteiger partial charge in [-0.15, -0.1) is 0 Å². The fourth-order valence-electron chi connectivity index (χ4n) is 8.32. The molecule has 0 spiro atoms. The molecule has 1 saturated carbocycles. The van der Waals surface area contributed by atoms with Crippen molar-refractivity contribution >= 4 is 22.6 Å². The Hall–Kier alpha value is -2.79. The highest BCUT2D eigenvalue weighted by atomic mass is 16.4. The first-order chi connectivity index (χ1) is 20.0. The van der Waals surface area contributed by atoms with Crippen molar-refractivity contribution in [1.29, 1.82) is 0 Å². The molecule has 41 heavy (non-hydrogen) atoms. The Morgan fingerprint density at radius 1 is 0.951 bits per heavy atom. The summed E-state index contributed by atoms with van der Waals surface area (Å²) >= 11 is 0. The van der Waals surface area contributed by atoms with Gasteiger partial charge in [-0.1, -0.05) is 51.3 Å². The van der Waals surface area contributed by atoms with Gasteiger partial charge in [-0.25, -0.2) is 4.79 Å². The van der Waals surface area contributed by atoms with Gasteiger partial charge in [0.1, 0.15) is 0 Å². The Balaban J connectivity index is 1.37. The number of anilines is 1. The van der Waals surface area contributed by atoms with E-state index in [0.29, 0.717) is 11.5 Å². The lowest BCUT2D eigenvalue weighted by Crippen LogP contribution is -2.43. The molecule has 5 nitrogen and oxygen atoms in total. The number of carbonyl (C=O) groups is 1. The maximum atomic E-state index is 12.0. The number of aryl methyl sites for hydroxylation is 1. The number of rotatable bonds is 8. The van der Waals surface area contributed by atoms with Crippen molar-refractivity contribution in [2.45, 2.75) is 103 Å². The Morgan fingerprint density at radius 3 is 2.51 bits per heavy atom. The average Bonchev–Trinajstić information content (AvgIpc) is 3.23. The SMILES string of the molecule is CCC(CC)N1CCCC(CCN2CCn3c(c(C4CCCCC4)c4ccc(C(=O)O)cc43)-c3ccc(C)cc32)C1. The van der Waals surface area contributed by atoms with Crippen molar-refractivity contribution < 1.29 is 9.90 Å². The molecule has 1 atom stereocenters. The van der Waals surface area contributed by atoms with Crippen molar-refractivity contribution in [3.05, 3.63) is 53.1 Å². The van der Waals surface area contributed by atoms with Crippen LogP contribution in [0.1, 0.15) is 105 Å². The maximum Gasteiger partial charge on any atom is 0.335 e. The Labute approximate surface area is 246 Å². The molecule has 2 aromatic carbocycles. The fraction of sp³-hybridized carbons (Fsp3) is 0.583. The first-order valence-corrected chi connectivity index (χ1v) is 16.5. The summed E-state index contributed by atoms with van der Waals surface area (Å²) in [7, 11) is 0. The lowest BCUT2D eigenvalue weighted by atomic mass is 9.81. The fourth-order valence-corrected chi connectivity index (χ4v) is 8.32. The van der Waals surface area contributed by atoms with Gasteiger partial charge in [-0.3, -0.25) is 0 Å². The highest BCUT2D eigenvalue weighted by Gasteiger charge is 2.31. The van der Waals surface area contributed by atoms with Crippen molar-refractivity contribution in [3.63, 3.8) is 0 Å². The average molecular weight is 556 g/mol. The van der Waals surface area contributed by atoms with Crippen LogP contribution in [-0.2, 0) is 6.54 Å². The van der Waals surface area contributed by atoms with E-state index in [0.717, 1.165) is 37.1 Å². The molecule has 1 aromatic heterocycles. The molecule has 220 valence electrons. The van der Waals surface area contributed by atoms with Crippen molar-refractivity contribution in [2.24, 2.45) is 5.92 Å². The van der Waals surface area contributed by atoms with Crippen LogP contribution >= 0.6 is 0 Å². The van der Waals surface area contributed by atoms with Crippen molar-refractivity contribution in [3.8, 4) is 11.3 Å². The zero-order chi connectivity index (χ0) is 28.5. The van der Waals surface area contributed by atoms with Crippen molar-refractivity contribution in [1.82, 2.24) is 9.47 Å². The monoisotopic (exact) mass is 555 g/mol. The summed E-state index contributed by atoms with van der Waals surface area (Å²) < 4.78 is 2.48. The van der Waals surface area contributed by atoms with E-state index >= 15 is 0 Å². The van der Waals surface area contributed by atoms with Gasteiger partial charge in [-0.05, 0) is 99.6 Å². The molecule has 3 aliphatic rings. The summed E-state index contributed by atoms with van der Waals surface area (Å²) in [5, 5.41) is 11.1. The van der Waals surface area contributed by atoms with E-state index in [1.54, 1.807) is 0 Å². The van der Waals surface area contributed by atoms with Gasteiger partial charge in [0, 0.05) is 54.4 Å². The van der Waals surface area contributed by atoms with Crippen LogP contribution < -0.4 is 4.90 Å². The van der Waals surface area contributed by atoms with E-state index in [1.165, 1.54) is 111 Å². The predicted octanol–water partition coefficient (Wildman–Crippen LogP) is 8.47. The van der Waals surface area contributed by atoms with Crippen LogP contribution in [0.2, 0.25) is 0 Å². The van der Waals surface area contributed by atoms with Crippen LogP contribution in [0.25, 0.3) is 22.2 Å². The first-order valence-electron chi connectivity index (χ1n) is 16.5. The summed E-state index contributed by atoms with van der Waals surface area (Å²) in [5.41, 5.74) is 8.32. The van der Waals surface area contributed by atoms with Crippen LogP contribution in [0.3, 0.4) is 0 Å². The largest absolute Gasteiger partial charge is 0.478 e. The molecule has 1 saturated heterocycles. The number of aromatic carboxylic acids is 1. The summed E-state index contributed by atoms with van der Waals surface area (Å²) in [6.07, 6.45) is 12.8. The molecule has 0 bridgehead atoms. The third kappa shape index (κ3) is 5.55. The lowest BCUT2D eigenvalue weighted by molar-refractivity contribution is 0.0697. The smallest absolute Gasteiger partial charge is 0.335 e. The molecular formula is C36H49N3O2. The molecule has 0 amide bonds. The first kappa shape index (κ1) is 28.3. The van der Waals surface area contributed by atoms with Gasteiger partial charge < -0.3 is 19.5 Å². The number of fused-ring (bicyclic) bond motifs is 5. The Bertz CT molecular complexity index is 1380. The number of carboxylic acid groups (broad SMARTS) is 1. The van der Waals surface area contributed by atoms with E-state index in [1.807, 2.05) is 12.1 Å². The van der Waals surface area contributed by atoms with Crippen LogP contribution in [0.15, 0.2) is 36.4 Å². The minimum absolute atomic E-state index is 0.387. The lowest BCUT2D eigenvalue weighted by Gasteiger charge is -2.38. The molecule has 1 aliphatic carbocycles. The molecule has 2 fully saturated rings. The number of aromatic nitrogens is 1. The van der Waals surface area contributed by atoms with Gasteiger partial charge in [0.2, 0.25) is 0 Å². The summed E-state index contributed by atoms with van der Waals surface area (Å²) in [4.78, 5) is 17.4. The number of likely N-dealkylation sites (tertiary alicyclic amines) is 1. The highest BCUT2D eigenvalue weighted by Crippen LogP contribution is 2.47. The number of carboxylic acids is 1. The number of nitrogens with zero attached hydrogens (tertiary/aromatic N) is 3. The summed E-state index contributed by atoms with van der Waals surface area (Å²) in [6.45, 7) is 12.3. The molecule has 1 N–H and O–H groups in total. The second-order valence-electron chi connectivity index (χ2n) is 13.1. The molecule has 6 rings (SSSR count). The molecule has 3 aromatic rings. The topological polar surface area (TPSA) is 48.7 Å². The van der Waals surface area contributed by atoms with Crippen LogP contribution in [0.5, 0.6) is 0 Å². The van der Waals surface area contributed by atoms with E-state index in [9.17, 15) is 9.90 Å². The molecule has 1 unspecified atom stereocenters. The van der Waals surface area contributed by atoms with Gasteiger partial charge in [0.05, 0.1) is 11.3 Å². The zero-order valence-electron chi connectivity index (χ0n) is 25.5. The third-order valence-corrected chi connectivity index (χ3v) is 10.5. The van der Waals surface area contributed by atoms with E-state index < -0.39 is 5.97 Å². The van der Waals surface area contributed by atoms with Gasteiger partial charge in [-0.2, -0.15) is 0 Å². The number of benzene rings is 2. The second kappa shape index (κ2) is 12.2. The predicted molar refractivity (Wildman–Crippen MR) is 170 cm³/mol. The summed E-state index contributed by atoms with van der Waals surface area (Å²) in [5.74, 6) is 0.455. The van der Waals surface area contributed by atoms with Crippen LogP contribution in [-0.4, -0.2) is 52.8 Å². The number of piperidine rings is 1. The van der Waals surface area contributed by atoms with E-state index in [2.05, 4.69) is 59.4 Å². The number of hydrogen-bond donors (Lipinski definition) is 1. The van der Waals surface area contributed by atoms with Crippen LogP contribution in [0, 0.1) is 12.8 Å². The highest BCUT2D eigenvalue weighted by molar-refractivity contribution is 5.99. The van der Waals surface area contributed by atoms with E-state index in [4.69, 9.17) is 0 Å². The van der Waals surface area contributed by atoms with Crippen molar-refractivity contribution in [2.75, 3.05) is 31.1 Å². The Morgan fingerprint density at radius 2 is 1.76 bits per heavy atom. The molecule has 0 radical (unpaired) electrons. The normalized spacial score (nSPS) is 20.3. The minimum Gasteiger partial charge on any atom is -0.478 e. The zero-order valence-corrected chi connectivity index (χ0v) is 25.5. The van der Waals surface area contributed by atoms with Gasteiger partial charge in [0.15, 0.2) is 0 Å². The second-order valence-corrected chi connectivity index (χ2v) is 13.1. The minimum atomic E-state index is -0.845. The molecule has 3 heterocycles. The third-order valence-electron chi connectivity index (χ3n) is 10.5. The summed E-state index contributed by atoms with van der Waals surface area (Å²) in [6, 6.07) is 13.6. The maximum absolute atomic E-state index is 12.0. The number of hydrogen-bond acceptors (Lipinski definition) is 3. The standard InChI is InChI=1S/C36H49N3O2/c1-4-29(5-2)38-18-9-10-26(24-38)17-19-37-20-21-39-33-23-28(36(40)41)14-16-30(33)34(27-11-7-6-8-12-27)35(39)31-15-13-25(3)22-32(31)37/h13-16,22-23,26-27,29H,4-12,17-21,24H2,1-3H3,(H,40,41). The van der Waals surface area contributed by atoms with E-state index in [-0.39, 0.29) is 0 Å². The molecule has 5 heteroatoms. The Kier molecular flexibility index (Phi) is 8.44. The molecule has 2 aliphatic heterocycles. The van der Waals surface area contributed by atoms with Crippen LogP contribution in [0.4, 0.5) is 5.69 Å². The van der Waals surface area contributed by atoms with Gasteiger partial charge in [0.25, 0.3) is 0 Å². The quantitative estimate of drug-likeness (QED) is 0.303.